The Labute approximate surface area is 154 Å². The fourth-order valence-corrected chi connectivity index (χ4v) is 5.15. The van der Waals surface area contributed by atoms with E-state index in [9.17, 15) is 13.2 Å². The molecule has 1 amide bonds. The lowest BCUT2D eigenvalue weighted by Crippen LogP contribution is -2.42. The molecular weight excluding hydrogens is 360 g/mol. The Morgan fingerprint density at radius 2 is 1.96 bits per heavy atom. The van der Waals surface area contributed by atoms with Gasteiger partial charge in [0.1, 0.15) is 0 Å². The summed E-state index contributed by atoms with van der Waals surface area (Å²) in [6.07, 6.45) is 4.27. The topological polar surface area (TPSA) is 82.6 Å². The van der Waals surface area contributed by atoms with E-state index in [0.29, 0.717) is 24.6 Å². The van der Waals surface area contributed by atoms with Gasteiger partial charge in [-0.25, -0.2) is 4.98 Å². The van der Waals surface area contributed by atoms with Crippen LogP contribution in [0.2, 0.25) is 0 Å². The molecule has 1 N–H and O–H groups in total. The Balaban J connectivity index is 2.08. The van der Waals surface area contributed by atoms with Crippen LogP contribution in [-0.2, 0) is 28.0 Å². The molecule has 0 aliphatic carbocycles. The smallest absolute Gasteiger partial charge is 0.281 e. The zero-order valence-electron chi connectivity index (χ0n) is 15.4. The number of carbonyl (C=O) groups excluding carboxylic acids is 1. The molecule has 1 aromatic heterocycles. The summed E-state index contributed by atoms with van der Waals surface area (Å²) in [5, 5.41) is 3.52. The molecule has 7 nitrogen and oxygen atoms in total. The van der Waals surface area contributed by atoms with Crippen molar-refractivity contribution in [3.05, 3.63) is 10.6 Å². The van der Waals surface area contributed by atoms with E-state index >= 15 is 0 Å². The first-order chi connectivity index (χ1) is 11.8. The van der Waals surface area contributed by atoms with Gasteiger partial charge in [0, 0.05) is 37.9 Å². The summed E-state index contributed by atoms with van der Waals surface area (Å²) >= 11 is 1.38. The van der Waals surface area contributed by atoms with Gasteiger partial charge in [-0.3, -0.25) is 4.79 Å². The molecule has 0 saturated carbocycles. The number of thiazole rings is 1. The van der Waals surface area contributed by atoms with Gasteiger partial charge in [-0.2, -0.15) is 17.0 Å². The second-order valence-electron chi connectivity index (χ2n) is 6.53. The Kier molecular flexibility index (Phi) is 6.95. The van der Waals surface area contributed by atoms with Gasteiger partial charge in [-0.05, 0) is 12.8 Å². The van der Waals surface area contributed by atoms with Gasteiger partial charge in [-0.15, -0.1) is 11.3 Å². The van der Waals surface area contributed by atoms with Crippen LogP contribution >= 0.6 is 11.3 Å². The number of hydrogen-bond donors (Lipinski definition) is 1. The molecule has 0 radical (unpaired) electrons. The summed E-state index contributed by atoms with van der Waals surface area (Å²) in [7, 11) is -0.361. The first-order valence-electron chi connectivity index (χ1n) is 8.76. The molecule has 1 aliphatic heterocycles. The molecule has 0 bridgehead atoms. The van der Waals surface area contributed by atoms with Crippen molar-refractivity contribution in [2.75, 3.05) is 26.0 Å². The van der Waals surface area contributed by atoms with Crippen molar-refractivity contribution in [3.63, 3.8) is 0 Å². The fourth-order valence-electron chi connectivity index (χ4n) is 2.96. The monoisotopic (exact) mass is 388 g/mol. The van der Waals surface area contributed by atoms with E-state index in [2.05, 4.69) is 24.1 Å². The lowest BCUT2D eigenvalue weighted by molar-refractivity contribution is -0.120. The van der Waals surface area contributed by atoms with E-state index in [1.54, 1.807) is 0 Å². The van der Waals surface area contributed by atoms with Gasteiger partial charge in [0.05, 0.1) is 12.2 Å². The lowest BCUT2D eigenvalue weighted by atomic mass is 9.97. The number of carbonyl (C=O) groups is 1. The summed E-state index contributed by atoms with van der Waals surface area (Å²) in [4.78, 5) is 17.9. The number of nitrogens with zero attached hydrogens (tertiary/aromatic N) is 3. The van der Waals surface area contributed by atoms with Gasteiger partial charge in [0.15, 0.2) is 5.13 Å². The van der Waals surface area contributed by atoms with Crippen LogP contribution in [0.1, 0.15) is 50.1 Å². The molecule has 0 fully saturated rings. The van der Waals surface area contributed by atoms with Crippen LogP contribution in [0.3, 0.4) is 0 Å². The highest BCUT2D eigenvalue weighted by Crippen LogP contribution is 2.30. The highest BCUT2D eigenvalue weighted by molar-refractivity contribution is 7.86. The van der Waals surface area contributed by atoms with Crippen LogP contribution in [0, 0.1) is 5.92 Å². The van der Waals surface area contributed by atoms with Crippen molar-refractivity contribution in [1.82, 2.24) is 13.6 Å². The molecule has 0 unspecified atom stereocenters. The molecular formula is C16H28N4O3S2. The van der Waals surface area contributed by atoms with Crippen molar-refractivity contribution in [2.24, 2.45) is 5.92 Å². The number of hydrogen-bond acceptors (Lipinski definition) is 5. The summed E-state index contributed by atoms with van der Waals surface area (Å²) in [5.74, 6) is 0.0362. The lowest BCUT2D eigenvalue weighted by Gasteiger charge is -2.27. The zero-order chi connectivity index (χ0) is 18.6. The van der Waals surface area contributed by atoms with Crippen LogP contribution in [0.5, 0.6) is 0 Å². The number of aromatic nitrogens is 1. The Bertz CT molecular complexity index is 694. The van der Waals surface area contributed by atoms with Crippen LogP contribution in [0.15, 0.2) is 0 Å². The normalized spacial score (nSPS) is 15.6. The maximum Gasteiger partial charge on any atom is 0.281 e. The number of nitrogens with one attached hydrogen (secondary N) is 1. The maximum atomic E-state index is 12.5. The molecule has 9 heteroatoms. The molecule has 1 aliphatic rings. The maximum absolute atomic E-state index is 12.5. The van der Waals surface area contributed by atoms with E-state index in [0.717, 1.165) is 36.3 Å². The van der Waals surface area contributed by atoms with E-state index in [1.807, 2.05) is 0 Å². The van der Waals surface area contributed by atoms with E-state index < -0.39 is 10.2 Å². The van der Waals surface area contributed by atoms with Crippen molar-refractivity contribution < 1.29 is 13.2 Å². The largest absolute Gasteiger partial charge is 0.302 e. The molecule has 25 heavy (non-hydrogen) atoms. The van der Waals surface area contributed by atoms with E-state index in [1.165, 1.54) is 34.0 Å². The molecule has 2 heterocycles. The third-order valence-corrected chi connectivity index (χ3v) is 7.24. The number of fused-ring (bicyclic) bond motifs is 1. The van der Waals surface area contributed by atoms with Gasteiger partial charge >= 0.3 is 0 Å². The molecule has 2 rings (SSSR count). The SMILES string of the molecule is CCCC(CCC)C(=O)Nc1nc2c(s1)CN(S(=O)(=O)N(C)C)CC2. The summed E-state index contributed by atoms with van der Waals surface area (Å²) in [5.41, 5.74) is 0.896. The van der Waals surface area contributed by atoms with Crippen molar-refractivity contribution in [1.29, 1.82) is 0 Å². The average molecular weight is 389 g/mol. The van der Waals surface area contributed by atoms with Crippen LogP contribution in [0.4, 0.5) is 5.13 Å². The first kappa shape index (κ1) is 20.3. The van der Waals surface area contributed by atoms with E-state index in [-0.39, 0.29) is 11.8 Å². The Morgan fingerprint density at radius 1 is 1.32 bits per heavy atom. The van der Waals surface area contributed by atoms with Crippen LogP contribution < -0.4 is 5.32 Å². The Hall–Kier alpha value is -1.03. The molecule has 142 valence electrons. The number of rotatable bonds is 8. The molecule has 0 spiro atoms. The second kappa shape index (κ2) is 8.57. The minimum absolute atomic E-state index is 0.0153. The predicted molar refractivity (Wildman–Crippen MR) is 101 cm³/mol. The van der Waals surface area contributed by atoms with Gasteiger partial charge in [-0.1, -0.05) is 26.7 Å². The van der Waals surface area contributed by atoms with E-state index in [4.69, 9.17) is 0 Å². The first-order valence-corrected chi connectivity index (χ1v) is 11.0. The molecule has 1 aromatic rings. The third kappa shape index (κ3) is 4.78. The number of amides is 1. The third-order valence-electron chi connectivity index (χ3n) is 4.36. The standard InChI is InChI=1S/C16H28N4O3S2/c1-5-7-12(8-6-2)15(21)18-16-17-13-9-10-20(11-14(13)24-16)25(22,23)19(3)4/h12H,5-11H2,1-4H3,(H,17,18,21). The molecule has 0 saturated heterocycles. The van der Waals surface area contributed by atoms with Crippen molar-refractivity contribution >= 4 is 32.6 Å². The predicted octanol–water partition coefficient (Wildman–Crippen LogP) is 2.46. The molecule has 0 aromatic carbocycles. The van der Waals surface area contributed by atoms with Crippen LogP contribution in [0.25, 0.3) is 0 Å². The summed E-state index contributed by atoms with van der Waals surface area (Å²) in [6.45, 7) is 4.89. The Morgan fingerprint density at radius 3 is 2.52 bits per heavy atom. The average Bonchev–Trinajstić information content (AvgIpc) is 2.95. The van der Waals surface area contributed by atoms with Crippen LogP contribution in [-0.4, -0.2) is 48.6 Å². The van der Waals surface area contributed by atoms with Gasteiger partial charge in [0.2, 0.25) is 5.91 Å². The quantitative estimate of drug-likeness (QED) is 0.742. The van der Waals surface area contributed by atoms with Gasteiger partial charge < -0.3 is 5.32 Å². The summed E-state index contributed by atoms with van der Waals surface area (Å²) < 4.78 is 27.2. The minimum Gasteiger partial charge on any atom is -0.302 e. The minimum atomic E-state index is -3.43. The zero-order valence-corrected chi connectivity index (χ0v) is 17.0. The fraction of sp³-hybridized carbons (Fsp3) is 0.750. The van der Waals surface area contributed by atoms with Crippen molar-refractivity contribution in [2.45, 2.75) is 52.5 Å². The van der Waals surface area contributed by atoms with Gasteiger partial charge in [0.25, 0.3) is 10.2 Å². The molecule has 0 atom stereocenters. The van der Waals surface area contributed by atoms with Crippen molar-refractivity contribution in [3.8, 4) is 0 Å². The highest BCUT2D eigenvalue weighted by Gasteiger charge is 2.31. The second-order valence-corrected chi connectivity index (χ2v) is 9.75. The number of anilines is 1. The summed E-state index contributed by atoms with van der Waals surface area (Å²) in [6, 6.07) is 0. The highest BCUT2D eigenvalue weighted by atomic mass is 32.2.